The van der Waals surface area contributed by atoms with Crippen LogP contribution in [0.1, 0.15) is 0 Å². The average molecular weight is 616 g/mol. The molecule has 5 heteroatoms. The van der Waals surface area contributed by atoms with Crippen LogP contribution < -0.4 is 0 Å². The summed E-state index contributed by atoms with van der Waals surface area (Å²) in [6.07, 6.45) is 3.64. The lowest BCUT2D eigenvalue weighted by Crippen LogP contribution is -2.00. The third-order valence-electron chi connectivity index (χ3n) is 8.23. The maximum atomic E-state index is 5.05. The van der Waals surface area contributed by atoms with E-state index < -0.39 is 0 Å². The lowest BCUT2D eigenvalue weighted by atomic mass is 9.94. The lowest BCUT2D eigenvalue weighted by molar-refractivity contribution is 1.07. The summed E-state index contributed by atoms with van der Waals surface area (Å²) in [5, 5.41) is 0. The van der Waals surface area contributed by atoms with Crippen LogP contribution in [0.5, 0.6) is 0 Å². The van der Waals surface area contributed by atoms with Crippen LogP contribution >= 0.6 is 0 Å². The molecule has 0 unspecified atom stereocenters. The van der Waals surface area contributed by atoms with Crippen molar-refractivity contribution in [1.82, 2.24) is 24.9 Å². The highest BCUT2D eigenvalue weighted by atomic mass is 15.0. The molecule has 3 aromatic heterocycles. The summed E-state index contributed by atoms with van der Waals surface area (Å²) in [7, 11) is 0. The van der Waals surface area contributed by atoms with Gasteiger partial charge in [-0.1, -0.05) is 115 Å². The van der Waals surface area contributed by atoms with Crippen LogP contribution in [0.25, 0.3) is 78.9 Å². The Kier molecular flexibility index (Phi) is 7.83. The van der Waals surface area contributed by atoms with Gasteiger partial charge in [0.25, 0.3) is 0 Å². The Morgan fingerprint density at radius 2 is 0.667 bits per heavy atom. The predicted molar refractivity (Wildman–Crippen MR) is 193 cm³/mol. The van der Waals surface area contributed by atoms with Crippen LogP contribution in [0, 0.1) is 0 Å². The molecule has 3 heterocycles. The molecule has 8 rings (SSSR count). The Labute approximate surface area is 279 Å². The van der Waals surface area contributed by atoms with E-state index in [4.69, 9.17) is 15.0 Å². The van der Waals surface area contributed by atoms with Crippen molar-refractivity contribution in [3.63, 3.8) is 0 Å². The fourth-order valence-corrected chi connectivity index (χ4v) is 5.79. The van der Waals surface area contributed by atoms with Gasteiger partial charge in [0.1, 0.15) is 0 Å². The van der Waals surface area contributed by atoms with E-state index in [0.717, 1.165) is 61.5 Å². The maximum Gasteiger partial charge on any atom is 0.164 e. The highest BCUT2D eigenvalue weighted by molar-refractivity contribution is 5.82. The molecule has 0 saturated carbocycles. The van der Waals surface area contributed by atoms with Gasteiger partial charge in [0.05, 0.1) is 11.4 Å². The highest BCUT2D eigenvalue weighted by Gasteiger charge is 2.15. The second-order valence-electron chi connectivity index (χ2n) is 11.4. The van der Waals surface area contributed by atoms with Crippen molar-refractivity contribution in [2.45, 2.75) is 0 Å². The van der Waals surface area contributed by atoms with Crippen molar-refractivity contribution in [2.75, 3.05) is 0 Å². The van der Waals surface area contributed by atoms with Crippen LogP contribution in [0.3, 0.4) is 0 Å². The SMILES string of the molecule is c1ccc(-c2nc(-c3ccccc3)nc(-c3cc(-c4ccc(-c5ccccn5)cc4)cc(-c4cccc(-c5ccccn5)c4)c3)n2)cc1. The summed E-state index contributed by atoms with van der Waals surface area (Å²) in [5.41, 5.74) is 11.0. The molecule has 0 fully saturated rings. The van der Waals surface area contributed by atoms with Crippen LogP contribution in [-0.2, 0) is 0 Å². The van der Waals surface area contributed by atoms with Gasteiger partial charge in [0, 0.05) is 40.2 Å². The Morgan fingerprint density at radius 3 is 1.23 bits per heavy atom. The zero-order chi connectivity index (χ0) is 32.1. The molecule has 0 aliphatic rings. The number of pyridine rings is 2. The Morgan fingerprint density at radius 1 is 0.250 bits per heavy atom. The van der Waals surface area contributed by atoms with Gasteiger partial charge < -0.3 is 0 Å². The Hall–Kier alpha value is -6.59. The van der Waals surface area contributed by atoms with Gasteiger partial charge in [-0.05, 0) is 70.8 Å². The molecule has 5 aromatic carbocycles. The average Bonchev–Trinajstić information content (AvgIpc) is 3.19. The third kappa shape index (κ3) is 6.13. The zero-order valence-electron chi connectivity index (χ0n) is 26.0. The van der Waals surface area contributed by atoms with Gasteiger partial charge in [0.15, 0.2) is 17.5 Å². The van der Waals surface area contributed by atoms with Gasteiger partial charge in [-0.15, -0.1) is 0 Å². The quantitative estimate of drug-likeness (QED) is 0.178. The van der Waals surface area contributed by atoms with Crippen molar-refractivity contribution >= 4 is 0 Å². The van der Waals surface area contributed by atoms with Gasteiger partial charge in [-0.25, -0.2) is 15.0 Å². The summed E-state index contributed by atoms with van der Waals surface area (Å²) in [6.45, 7) is 0. The fourth-order valence-electron chi connectivity index (χ4n) is 5.79. The molecule has 0 amide bonds. The van der Waals surface area contributed by atoms with Crippen molar-refractivity contribution in [3.8, 4) is 78.9 Å². The smallest absolute Gasteiger partial charge is 0.164 e. The predicted octanol–water partition coefficient (Wildman–Crippen LogP) is 10.3. The summed E-state index contributed by atoms with van der Waals surface area (Å²) >= 11 is 0. The van der Waals surface area contributed by atoms with Crippen LogP contribution in [0.15, 0.2) is 176 Å². The van der Waals surface area contributed by atoms with E-state index in [0.29, 0.717) is 17.5 Å². The van der Waals surface area contributed by atoms with Crippen molar-refractivity contribution in [2.24, 2.45) is 0 Å². The molecule has 0 N–H and O–H groups in total. The van der Waals surface area contributed by atoms with E-state index in [-0.39, 0.29) is 0 Å². The first kappa shape index (κ1) is 28.9. The minimum atomic E-state index is 0.608. The summed E-state index contributed by atoms with van der Waals surface area (Å²) in [6, 6.07) is 55.7. The number of rotatable bonds is 7. The van der Waals surface area contributed by atoms with Gasteiger partial charge >= 0.3 is 0 Å². The molecule has 0 bridgehead atoms. The molecule has 0 atom stereocenters. The normalized spacial score (nSPS) is 10.9. The standard InChI is InChI=1S/C43H29N5/c1-3-12-32(13-4-1)41-46-42(33-14-5-2-6-15-33)48-43(47-41)38-28-36(30-20-22-31(23-21-30)39-18-7-9-24-44-39)27-37(29-38)34-16-11-17-35(26-34)40-19-8-10-25-45-40/h1-29H. The van der Waals surface area contributed by atoms with E-state index in [9.17, 15) is 0 Å². The van der Waals surface area contributed by atoms with E-state index in [2.05, 4.69) is 76.7 Å². The number of benzene rings is 5. The molecule has 5 nitrogen and oxygen atoms in total. The maximum absolute atomic E-state index is 5.05. The third-order valence-corrected chi connectivity index (χ3v) is 8.23. The van der Waals surface area contributed by atoms with Gasteiger partial charge in [-0.2, -0.15) is 0 Å². The summed E-state index contributed by atoms with van der Waals surface area (Å²) in [5.74, 6) is 1.86. The van der Waals surface area contributed by atoms with E-state index in [1.165, 1.54) is 0 Å². The molecule has 0 aliphatic carbocycles. The van der Waals surface area contributed by atoms with Crippen LogP contribution in [0.4, 0.5) is 0 Å². The summed E-state index contributed by atoms with van der Waals surface area (Å²) in [4.78, 5) is 24.1. The monoisotopic (exact) mass is 615 g/mol. The molecule has 0 spiro atoms. The van der Waals surface area contributed by atoms with Crippen molar-refractivity contribution < 1.29 is 0 Å². The molecule has 0 aliphatic heterocycles. The largest absolute Gasteiger partial charge is 0.256 e. The number of hydrogen-bond acceptors (Lipinski definition) is 5. The molecule has 226 valence electrons. The van der Waals surface area contributed by atoms with Gasteiger partial charge in [0.2, 0.25) is 0 Å². The Balaban J connectivity index is 1.30. The minimum absolute atomic E-state index is 0.608. The molecule has 0 saturated heterocycles. The van der Waals surface area contributed by atoms with Crippen LogP contribution in [0.2, 0.25) is 0 Å². The van der Waals surface area contributed by atoms with Crippen LogP contribution in [-0.4, -0.2) is 24.9 Å². The first-order chi connectivity index (χ1) is 23.8. The van der Waals surface area contributed by atoms with E-state index in [1.54, 1.807) is 0 Å². The number of aromatic nitrogens is 5. The second kappa shape index (κ2) is 13.0. The fraction of sp³-hybridized carbons (Fsp3) is 0. The first-order valence-corrected chi connectivity index (χ1v) is 15.8. The van der Waals surface area contributed by atoms with E-state index in [1.807, 2.05) is 109 Å². The molecular formula is C43H29N5. The lowest BCUT2D eigenvalue weighted by Gasteiger charge is -2.13. The number of nitrogens with zero attached hydrogens (tertiary/aromatic N) is 5. The van der Waals surface area contributed by atoms with E-state index >= 15 is 0 Å². The zero-order valence-corrected chi connectivity index (χ0v) is 26.0. The van der Waals surface area contributed by atoms with Crippen molar-refractivity contribution in [3.05, 3.63) is 176 Å². The molecule has 48 heavy (non-hydrogen) atoms. The molecule has 0 radical (unpaired) electrons. The summed E-state index contributed by atoms with van der Waals surface area (Å²) < 4.78 is 0. The Bertz CT molecular complexity index is 2250. The number of hydrogen-bond donors (Lipinski definition) is 0. The molecular weight excluding hydrogens is 587 g/mol. The first-order valence-electron chi connectivity index (χ1n) is 15.8. The van der Waals surface area contributed by atoms with Crippen molar-refractivity contribution in [1.29, 1.82) is 0 Å². The molecule has 8 aromatic rings. The highest BCUT2D eigenvalue weighted by Crippen LogP contribution is 2.35. The van der Waals surface area contributed by atoms with Gasteiger partial charge in [-0.3, -0.25) is 9.97 Å². The minimum Gasteiger partial charge on any atom is -0.256 e. The second-order valence-corrected chi connectivity index (χ2v) is 11.4. The topological polar surface area (TPSA) is 64.5 Å².